The number of halogens is 3. The Labute approximate surface area is 131 Å². The van der Waals surface area contributed by atoms with Crippen LogP contribution in [0.5, 0.6) is 0 Å². The lowest BCUT2D eigenvalue weighted by atomic mass is 10.2. The second-order valence-electron chi connectivity index (χ2n) is 3.85. The fourth-order valence-electron chi connectivity index (χ4n) is 1.47. The first-order valence-electron chi connectivity index (χ1n) is 5.61. The number of nitrogens with zero attached hydrogens (tertiary/aromatic N) is 1. The zero-order valence-corrected chi connectivity index (χ0v) is 12.4. The Hall–Kier alpha value is -1.55. The molecular weight excluding hydrogens is 319 g/mol. The summed E-state index contributed by atoms with van der Waals surface area (Å²) in [4.78, 5) is 11.8. The van der Waals surface area contributed by atoms with Gasteiger partial charge in [0.1, 0.15) is 0 Å². The van der Waals surface area contributed by atoms with E-state index >= 15 is 0 Å². The lowest BCUT2D eigenvalue weighted by molar-refractivity contribution is 0.0955. The molecule has 0 bridgehead atoms. The van der Waals surface area contributed by atoms with Crippen molar-refractivity contribution in [2.75, 3.05) is 0 Å². The molecule has 1 N–H and O–H groups in total. The molecule has 1 amide bonds. The predicted octanol–water partition coefficient (Wildman–Crippen LogP) is 4.41. The highest BCUT2D eigenvalue weighted by Crippen LogP contribution is 2.24. The van der Waals surface area contributed by atoms with Crippen molar-refractivity contribution in [3.63, 3.8) is 0 Å². The zero-order valence-electron chi connectivity index (χ0n) is 10.1. The van der Waals surface area contributed by atoms with Crippen molar-refractivity contribution in [3.05, 3.63) is 68.7 Å². The van der Waals surface area contributed by atoms with Crippen LogP contribution in [0.1, 0.15) is 15.9 Å². The second-order valence-corrected chi connectivity index (χ2v) is 5.07. The molecule has 102 valence electrons. The van der Waals surface area contributed by atoms with E-state index in [9.17, 15) is 4.79 Å². The van der Waals surface area contributed by atoms with Gasteiger partial charge in [-0.2, -0.15) is 5.10 Å². The Morgan fingerprint density at radius 1 is 1.10 bits per heavy atom. The Morgan fingerprint density at radius 3 is 2.60 bits per heavy atom. The molecule has 6 heteroatoms. The van der Waals surface area contributed by atoms with Gasteiger partial charge >= 0.3 is 0 Å². The van der Waals surface area contributed by atoms with Gasteiger partial charge in [0.25, 0.3) is 5.91 Å². The van der Waals surface area contributed by atoms with Crippen LogP contribution < -0.4 is 5.43 Å². The highest BCUT2D eigenvalue weighted by atomic mass is 35.5. The Kier molecular flexibility index (Phi) is 5.01. The molecule has 2 aromatic rings. The first-order chi connectivity index (χ1) is 9.58. The predicted molar refractivity (Wildman–Crippen MR) is 83.0 cm³/mol. The standard InChI is InChI=1S/C14H9Cl3N2O/c15-11-5-1-3-9(7-11)14(20)19-18-8-10-4-2-6-12(16)13(10)17/h1-8H,(H,19,20)/b18-8-. The molecule has 0 saturated carbocycles. The van der Waals surface area contributed by atoms with Gasteiger partial charge in [0.05, 0.1) is 16.3 Å². The number of rotatable bonds is 3. The van der Waals surface area contributed by atoms with Gasteiger partial charge in [-0.05, 0) is 24.3 Å². The second kappa shape index (κ2) is 6.75. The molecule has 0 atom stereocenters. The fourth-order valence-corrected chi connectivity index (χ4v) is 2.02. The summed E-state index contributed by atoms with van der Waals surface area (Å²) < 4.78 is 0. The average Bonchev–Trinajstić information content (AvgIpc) is 2.43. The van der Waals surface area contributed by atoms with Gasteiger partial charge in [-0.1, -0.05) is 53.0 Å². The number of carbonyl (C=O) groups excluding carboxylic acids is 1. The van der Waals surface area contributed by atoms with E-state index in [1.807, 2.05) is 0 Å². The number of hydrogen-bond donors (Lipinski definition) is 1. The normalized spacial score (nSPS) is 10.8. The summed E-state index contributed by atoms with van der Waals surface area (Å²) >= 11 is 17.7. The number of hydrazone groups is 1. The van der Waals surface area contributed by atoms with Crippen molar-refractivity contribution in [1.29, 1.82) is 0 Å². The van der Waals surface area contributed by atoms with Gasteiger partial charge in [0.2, 0.25) is 0 Å². The van der Waals surface area contributed by atoms with Crippen molar-refractivity contribution in [1.82, 2.24) is 5.43 Å². The third kappa shape index (κ3) is 3.73. The van der Waals surface area contributed by atoms with E-state index < -0.39 is 0 Å². The van der Waals surface area contributed by atoms with Gasteiger partial charge in [-0.25, -0.2) is 5.43 Å². The lowest BCUT2D eigenvalue weighted by Gasteiger charge is -2.01. The molecule has 0 aliphatic rings. The summed E-state index contributed by atoms with van der Waals surface area (Å²) in [7, 11) is 0. The topological polar surface area (TPSA) is 41.5 Å². The molecule has 0 aliphatic carbocycles. The van der Waals surface area contributed by atoms with Crippen LogP contribution >= 0.6 is 34.8 Å². The maximum absolute atomic E-state index is 11.8. The maximum atomic E-state index is 11.8. The van der Waals surface area contributed by atoms with Crippen LogP contribution in [0.3, 0.4) is 0 Å². The fraction of sp³-hybridized carbons (Fsp3) is 0. The first-order valence-corrected chi connectivity index (χ1v) is 6.74. The molecule has 0 aromatic heterocycles. The van der Waals surface area contributed by atoms with Crippen LogP contribution in [0.4, 0.5) is 0 Å². The molecule has 2 rings (SSSR count). The molecule has 0 saturated heterocycles. The minimum Gasteiger partial charge on any atom is -0.267 e. The van der Waals surface area contributed by atoms with Crippen LogP contribution in [0.2, 0.25) is 15.1 Å². The molecular formula is C14H9Cl3N2O. The summed E-state index contributed by atoms with van der Waals surface area (Å²) in [5.74, 6) is -0.359. The summed E-state index contributed by atoms with van der Waals surface area (Å²) in [5, 5.41) is 5.14. The van der Waals surface area contributed by atoms with Crippen molar-refractivity contribution in [2.24, 2.45) is 5.10 Å². The third-order valence-corrected chi connectivity index (χ3v) is 3.51. The molecule has 0 radical (unpaired) electrons. The molecule has 0 unspecified atom stereocenters. The molecule has 3 nitrogen and oxygen atoms in total. The smallest absolute Gasteiger partial charge is 0.267 e. The van der Waals surface area contributed by atoms with Crippen molar-refractivity contribution in [2.45, 2.75) is 0 Å². The Bertz CT molecular complexity index is 671. The van der Waals surface area contributed by atoms with Crippen LogP contribution in [-0.2, 0) is 0 Å². The van der Waals surface area contributed by atoms with E-state index in [-0.39, 0.29) is 5.91 Å². The number of amides is 1. The van der Waals surface area contributed by atoms with E-state index in [0.717, 1.165) is 0 Å². The molecule has 0 heterocycles. The molecule has 20 heavy (non-hydrogen) atoms. The van der Waals surface area contributed by atoms with Crippen molar-refractivity contribution < 1.29 is 4.79 Å². The van der Waals surface area contributed by atoms with Gasteiger partial charge in [-0.3, -0.25) is 4.79 Å². The number of benzene rings is 2. The summed E-state index contributed by atoms with van der Waals surface area (Å²) in [6, 6.07) is 11.7. The molecule has 0 aliphatic heterocycles. The lowest BCUT2D eigenvalue weighted by Crippen LogP contribution is -2.17. The largest absolute Gasteiger partial charge is 0.271 e. The van der Waals surface area contributed by atoms with Crippen molar-refractivity contribution in [3.8, 4) is 0 Å². The van der Waals surface area contributed by atoms with E-state index in [1.165, 1.54) is 6.21 Å². The molecule has 2 aromatic carbocycles. The number of nitrogens with one attached hydrogen (secondary N) is 1. The van der Waals surface area contributed by atoms with Gasteiger partial charge in [0, 0.05) is 16.1 Å². The first kappa shape index (κ1) is 14.9. The van der Waals surface area contributed by atoms with E-state index in [4.69, 9.17) is 34.8 Å². The van der Waals surface area contributed by atoms with Crippen molar-refractivity contribution >= 4 is 46.9 Å². The third-order valence-electron chi connectivity index (χ3n) is 2.44. The van der Waals surface area contributed by atoms with Crippen LogP contribution in [-0.4, -0.2) is 12.1 Å². The summed E-state index contributed by atoms with van der Waals surface area (Å²) in [6.07, 6.45) is 1.43. The Morgan fingerprint density at radius 2 is 1.85 bits per heavy atom. The van der Waals surface area contributed by atoms with Crippen LogP contribution in [0.25, 0.3) is 0 Å². The highest BCUT2D eigenvalue weighted by molar-refractivity contribution is 6.43. The molecule has 0 fully saturated rings. The number of carbonyl (C=O) groups is 1. The number of hydrogen-bond acceptors (Lipinski definition) is 2. The van der Waals surface area contributed by atoms with Gasteiger partial charge < -0.3 is 0 Å². The zero-order chi connectivity index (χ0) is 14.5. The quantitative estimate of drug-likeness (QED) is 0.658. The van der Waals surface area contributed by atoms with Gasteiger partial charge in [0.15, 0.2) is 0 Å². The van der Waals surface area contributed by atoms with E-state index in [2.05, 4.69) is 10.5 Å². The minimum atomic E-state index is -0.359. The van der Waals surface area contributed by atoms with E-state index in [0.29, 0.717) is 26.2 Å². The monoisotopic (exact) mass is 326 g/mol. The highest BCUT2D eigenvalue weighted by Gasteiger charge is 2.05. The minimum absolute atomic E-state index is 0.359. The van der Waals surface area contributed by atoms with Crippen LogP contribution in [0.15, 0.2) is 47.6 Å². The average molecular weight is 328 g/mol. The summed E-state index contributed by atoms with van der Waals surface area (Å²) in [5.41, 5.74) is 3.43. The van der Waals surface area contributed by atoms with E-state index in [1.54, 1.807) is 42.5 Å². The van der Waals surface area contributed by atoms with Gasteiger partial charge in [-0.15, -0.1) is 0 Å². The SMILES string of the molecule is O=C(N/N=C\c1cccc(Cl)c1Cl)c1cccc(Cl)c1. The summed E-state index contributed by atoms with van der Waals surface area (Å²) in [6.45, 7) is 0. The Balaban J connectivity index is 2.07. The molecule has 0 spiro atoms. The van der Waals surface area contributed by atoms with Crippen LogP contribution in [0, 0.1) is 0 Å². The maximum Gasteiger partial charge on any atom is 0.271 e.